The van der Waals surface area contributed by atoms with Crippen molar-refractivity contribution in [3.8, 4) is 16.9 Å². The number of ether oxygens (including phenoxy) is 1. The van der Waals surface area contributed by atoms with Crippen molar-refractivity contribution in [1.82, 2.24) is 14.9 Å². The fourth-order valence-corrected chi connectivity index (χ4v) is 4.18. The molecule has 0 bridgehead atoms. The highest BCUT2D eigenvalue weighted by Gasteiger charge is 2.34. The van der Waals surface area contributed by atoms with Gasteiger partial charge in [0.2, 0.25) is 0 Å². The number of aromatic nitrogens is 2. The van der Waals surface area contributed by atoms with Crippen LogP contribution in [0.1, 0.15) is 20.8 Å². The number of para-hydroxylation sites is 1. The Morgan fingerprint density at radius 1 is 1.03 bits per heavy atom. The first-order valence-electron chi connectivity index (χ1n) is 11.0. The van der Waals surface area contributed by atoms with E-state index in [1.165, 1.54) is 0 Å². The Hall–Kier alpha value is -3.87. The number of nitrogens with zero attached hydrogens (tertiary/aromatic N) is 3. The van der Waals surface area contributed by atoms with Gasteiger partial charge in [-0.2, -0.15) is 0 Å². The van der Waals surface area contributed by atoms with Gasteiger partial charge in [0, 0.05) is 24.0 Å². The molecule has 4 aromatic rings. The minimum atomic E-state index is -0.509. The molecular formula is C26H26N4O3. The highest BCUT2D eigenvalue weighted by atomic mass is 16.6. The number of fused-ring (bicyclic) bond motifs is 2. The average Bonchev–Trinajstić information content (AvgIpc) is 2.73. The zero-order valence-electron chi connectivity index (χ0n) is 18.9. The third kappa shape index (κ3) is 4.14. The van der Waals surface area contributed by atoms with Crippen LogP contribution in [0.3, 0.4) is 0 Å². The lowest BCUT2D eigenvalue weighted by Gasteiger charge is -2.40. The fourth-order valence-electron chi connectivity index (χ4n) is 4.18. The molecule has 2 heterocycles. The predicted molar refractivity (Wildman–Crippen MR) is 129 cm³/mol. The third-order valence-corrected chi connectivity index (χ3v) is 5.68. The van der Waals surface area contributed by atoms with Gasteiger partial charge in [0.25, 0.3) is 0 Å². The Morgan fingerprint density at radius 2 is 1.79 bits per heavy atom. The average molecular weight is 443 g/mol. The number of benzene rings is 3. The first kappa shape index (κ1) is 21.0. The van der Waals surface area contributed by atoms with Gasteiger partial charge < -0.3 is 20.1 Å². The van der Waals surface area contributed by atoms with Crippen molar-refractivity contribution < 1.29 is 14.6 Å². The van der Waals surface area contributed by atoms with Gasteiger partial charge in [-0.05, 0) is 55.3 Å². The Labute approximate surface area is 192 Å². The van der Waals surface area contributed by atoms with Crippen molar-refractivity contribution in [3.05, 3.63) is 60.9 Å². The van der Waals surface area contributed by atoms with Gasteiger partial charge in [-0.25, -0.2) is 14.8 Å². The van der Waals surface area contributed by atoms with Crippen LogP contribution in [0.2, 0.25) is 0 Å². The topological polar surface area (TPSA) is 87.6 Å². The van der Waals surface area contributed by atoms with E-state index >= 15 is 0 Å². The number of carbonyl (C=O) groups excluding carboxylic acids is 1. The van der Waals surface area contributed by atoms with E-state index in [-0.39, 0.29) is 17.9 Å². The molecule has 7 nitrogen and oxygen atoms in total. The fraction of sp³-hybridized carbons (Fsp3) is 0.269. The van der Waals surface area contributed by atoms with Gasteiger partial charge in [-0.1, -0.05) is 36.4 Å². The summed E-state index contributed by atoms with van der Waals surface area (Å²) in [6.45, 7) is 6.69. The van der Waals surface area contributed by atoms with Crippen LogP contribution >= 0.6 is 0 Å². The molecule has 7 heteroatoms. The summed E-state index contributed by atoms with van der Waals surface area (Å²) in [6.07, 6.45) is 1.25. The number of nitrogens with one attached hydrogen (secondary N) is 1. The molecule has 0 radical (unpaired) electrons. The summed E-state index contributed by atoms with van der Waals surface area (Å²) in [7, 11) is 0. The number of hydrogen-bond acceptors (Lipinski definition) is 6. The number of phenols is 1. The normalized spacial score (nSPS) is 14.3. The molecule has 2 N–H and O–H groups in total. The minimum Gasteiger partial charge on any atom is -0.508 e. The number of amides is 1. The molecule has 0 spiro atoms. The molecule has 0 saturated carbocycles. The zero-order chi connectivity index (χ0) is 23.2. The molecule has 1 aliphatic rings. The van der Waals surface area contributed by atoms with E-state index in [9.17, 15) is 9.90 Å². The standard InChI is InChI=1S/C26H26N4O3/c1-26(2,3)33-25(32)30-13-17(14-30)29-24-21-10-6-9-20(23(21)27-15-28-24)22-12-18(31)11-16-7-4-5-8-19(16)22/h4-12,15,17,31H,13-14H2,1-3H3,(H,27,28,29). The molecule has 168 valence electrons. The summed E-state index contributed by atoms with van der Waals surface area (Å²) in [4.78, 5) is 22.9. The van der Waals surface area contributed by atoms with E-state index in [0.717, 1.165) is 38.6 Å². The molecule has 33 heavy (non-hydrogen) atoms. The lowest BCUT2D eigenvalue weighted by Crippen LogP contribution is -2.58. The highest BCUT2D eigenvalue weighted by Crippen LogP contribution is 2.37. The number of rotatable bonds is 3. The summed E-state index contributed by atoms with van der Waals surface area (Å²) >= 11 is 0. The van der Waals surface area contributed by atoms with Crippen LogP contribution in [0.15, 0.2) is 60.9 Å². The quantitative estimate of drug-likeness (QED) is 0.454. The second-order valence-corrected chi connectivity index (χ2v) is 9.37. The number of carbonyl (C=O) groups is 1. The SMILES string of the molecule is CC(C)(C)OC(=O)N1CC(Nc2ncnc3c(-c4cc(O)cc5ccccc45)cccc23)C1. The van der Waals surface area contributed by atoms with E-state index in [4.69, 9.17) is 4.74 Å². The molecule has 1 aromatic heterocycles. The molecule has 1 aliphatic heterocycles. The van der Waals surface area contributed by atoms with Gasteiger partial charge >= 0.3 is 6.09 Å². The molecule has 0 unspecified atom stereocenters. The second kappa shape index (κ2) is 7.92. The molecule has 0 atom stereocenters. The molecule has 1 fully saturated rings. The Morgan fingerprint density at radius 3 is 2.58 bits per heavy atom. The van der Waals surface area contributed by atoms with E-state index in [0.29, 0.717) is 13.1 Å². The lowest BCUT2D eigenvalue weighted by atomic mass is 9.96. The van der Waals surface area contributed by atoms with Crippen molar-refractivity contribution in [2.24, 2.45) is 0 Å². The molecule has 3 aromatic carbocycles. The maximum Gasteiger partial charge on any atom is 0.410 e. The van der Waals surface area contributed by atoms with Crippen molar-refractivity contribution in [1.29, 1.82) is 0 Å². The maximum atomic E-state index is 12.2. The van der Waals surface area contributed by atoms with Crippen LogP contribution < -0.4 is 5.32 Å². The zero-order valence-corrected chi connectivity index (χ0v) is 18.9. The molecule has 1 saturated heterocycles. The molecule has 0 aliphatic carbocycles. The van der Waals surface area contributed by atoms with Crippen LogP contribution in [-0.4, -0.2) is 50.8 Å². The summed E-state index contributed by atoms with van der Waals surface area (Å²) in [5.41, 5.74) is 2.13. The van der Waals surface area contributed by atoms with Gasteiger partial charge in [0.15, 0.2) is 0 Å². The molecular weight excluding hydrogens is 416 g/mol. The molecule has 5 rings (SSSR count). The number of anilines is 1. The van der Waals surface area contributed by atoms with Crippen molar-refractivity contribution in [2.75, 3.05) is 18.4 Å². The minimum absolute atomic E-state index is 0.0841. The third-order valence-electron chi connectivity index (χ3n) is 5.68. The maximum absolute atomic E-state index is 12.2. The van der Waals surface area contributed by atoms with E-state index in [1.54, 1.807) is 23.4 Å². The largest absolute Gasteiger partial charge is 0.508 e. The van der Waals surface area contributed by atoms with E-state index < -0.39 is 5.60 Å². The van der Waals surface area contributed by atoms with E-state index in [1.807, 2.05) is 63.2 Å². The number of hydrogen-bond donors (Lipinski definition) is 2. The van der Waals surface area contributed by atoms with Crippen molar-refractivity contribution >= 4 is 33.6 Å². The number of likely N-dealkylation sites (tertiary alicyclic amines) is 1. The Kier molecular flexibility index (Phi) is 5.04. The van der Waals surface area contributed by atoms with Gasteiger partial charge in [-0.3, -0.25) is 0 Å². The predicted octanol–water partition coefficient (Wildman–Crippen LogP) is 5.19. The summed E-state index contributed by atoms with van der Waals surface area (Å²) in [6, 6.07) is 17.6. The van der Waals surface area contributed by atoms with E-state index in [2.05, 4.69) is 15.3 Å². The van der Waals surface area contributed by atoms with Crippen molar-refractivity contribution in [3.63, 3.8) is 0 Å². The first-order valence-corrected chi connectivity index (χ1v) is 11.0. The van der Waals surface area contributed by atoms with Gasteiger partial charge in [-0.15, -0.1) is 0 Å². The number of aromatic hydroxyl groups is 1. The van der Waals surface area contributed by atoms with Gasteiger partial charge in [0.1, 0.15) is 23.5 Å². The summed E-state index contributed by atoms with van der Waals surface area (Å²) in [5, 5.41) is 16.7. The molecule has 1 amide bonds. The summed E-state index contributed by atoms with van der Waals surface area (Å²) in [5.74, 6) is 0.935. The van der Waals surface area contributed by atoms with Crippen LogP contribution in [0.4, 0.5) is 10.6 Å². The number of phenolic OH excluding ortho intramolecular Hbond substituents is 1. The smallest absolute Gasteiger partial charge is 0.410 e. The first-order chi connectivity index (χ1) is 15.8. The van der Waals surface area contributed by atoms with Crippen molar-refractivity contribution in [2.45, 2.75) is 32.4 Å². The van der Waals surface area contributed by atoms with Crippen LogP contribution in [-0.2, 0) is 4.74 Å². The van der Waals surface area contributed by atoms with Gasteiger partial charge in [0.05, 0.1) is 11.6 Å². The highest BCUT2D eigenvalue weighted by molar-refractivity contribution is 6.06. The Bertz CT molecular complexity index is 1360. The van der Waals surface area contributed by atoms with Crippen LogP contribution in [0.5, 0.6) is 5.75 Å². The summed E-state index contributed by atoms with van der Waals surface area (Å²) < 4.78 is 5.43. The second-order valence-electron chi connectivity index (χ2n) is 9.37. The van der Waals surface area contributed by atoms with Crippen LogP contribution in [0.25, 0.3) is 32.8 Å². The van der Waals surface area contributed by atoms with Crippen LogP contribution in [0, 0.1) is 0 Å². The monoisotopic (exact) mass is 442 g/mol. The lowest BCUT2D eigenvalue weighted by molar-refractivity contribution is 0.0105. The Balaban J connectivity index is 1.44.